The standard InChI is InChI=1S/2C8H7NO4S.Zn/c2*1-4-2-3-5(14)7(9(12)13)6(4)8(10)11;/h2*2-3,14H,1H3,(H,10,11);/q;;+2/p-2. The molecule has 0 spiro atoms. The Bertz CT molecular complexity index is 840. The summed E-state index contributed by atoms with van der Waals surface area (Å²) >= 11 is 9.38. The smallest absolute Gasteiger partial charge is 0.773 e. The minimum absolute atomic E-state index is 0. The van der Waals surface area contributed by atoms with Crippen molar-refractivity contribution in [2.24, 2.45) is 0 Å². The van der Waals surface area contributed by atoms with Gasteiger partial charge in [-0.2, -0.15) is 0 Å². The first-order chi connectivity index (χ1) is 12.9. The van der Waals surface area contributed by atoms with Crippen molar-refractivity contribution in [3.63, 3.8) is 0 Å². The largest absolute Gasteiger partial charge is 2.00 e. The molecular weight excluding hydrogens is 478 g/mol. The Kier molecular flexibility index (Phi) is 9.68. The quantitative estimate of drug-likeness (QED) is 0.282. The fraction of sp³-hybridized carbons (Fsp3) is 0.125. The molecular formula is C16H12N2O8S2Zn. The zero-order valence-corrected chi connectivity index (χ0v) is 19.7. The molecule has 0 aromatic heterocycles. The molecule has 13 heteroatoms. The average Bonchev–Trinajstić information content (AvgIpc) is 2.57. The maximum Gasteiger partial charge on any atom is 2.00 e. The van der Waals surface area contributed by atoms with Gasteiger partial charge in [0.1, 0.15) is 11.1 Å². The predicted octanol–water partition coefficient (Wildman–Crippen LogP) is 3.01. The van der Waals surface area contributed by atoms with E-state index in [9.17, 15) is 29.8 Å². The van der Waals surface area contributed by atoms with Crippen LogP contribution in [0.4, 0.5) is 11.4 Å². The Morgan fingerprint density at radius 1 is 0.793 bits per heavy atom. The van der Waals surface area contributed by atoms with Gasteiger partial charge in [-0.1, -0.05) is 34.1 Å². The molecule has 0 aliphatic carbocycles. The van der Waals surface area contributed by atoms with Crippen molar-refractivity contribution in [3.8, 4) is 0 Å². The fourth-order valence-corrected chi connectivity index (χ4v) is 2.74. The summed E-state index contributed by atoms with van der Waals surface area (Å²) in [6.07, 6.45) is 0. The molecule has 0 amide bonds. The van der Waals surface area contributed by atoms with Crippen LogP contribution in [0, 0.1) is 34.1 Å². The van der Waals surface area contributed by atoms with Crippen LogP contribution in [-0.4, -0.2) is 32.0 Å². The monoisotopic (exact) mass is 488 g/mol. The van der Waals surface area contributed by atoms with Gasteiger partial charge in [0.15, 0.2) is 0 Å². The molecule has 0 heterocycles. The van der Waals surface area contributed by atoms with Crippen LogP contribution in [0.3, 0.4) is 0 Å². The molecule has 0 radical (unpaired) electrons. The normalized spacial score (nSPS) is 9.45. The van der Waals surface area contributed by atoms with E-state index in [2.05, 4.69) is 25.3 Å². The molecule has 29 heavy (non-hydrogen) atoms. The summed E-state index contributed by atoms with van der Waals surface area (Å²) in [6, 6.07) is 5.63. The summed E-state index contributed by atoms with van der Waals surface area (Å²) in [6.45, 7) is 2.98. The molecule has 0 saturated carbocycles. The second kappa shape index (κ2) is 10.7. The van der Waals surface area contributed by atoms with Crippen molar-refractivity contribution in [2.75, 3.05) is 0 Å². The van der Waals surface area contributed by atoms with Gasteiger partial charge in [0, 0.05) is 0 Å². The molecule has 2 rings (SSSR count). The van der Waals surface area contributed by atoms with E-state index in [1.54, 1.807) is 0 Å². The van der Waals surface area contributed by atoms with Crippen molar-refractivity contribution in [1.29, 1.82) is 0 Å². The number of carbonyl (C=O) groups is 2. The molecule has 0 aliphatic rings. The van der Waals surface area contributed by atoms with Gasteiger partial charge >= 0.3 is 31.4 Å². The number of aromatic carboxylic acids is 2. The van der Waals surface area contributed by atoms with Crippen LogP contribution >= 0.6 is 0 Å². The molecule has 0 unspecified atom stereocenters. The SMILES string of the molecule is Cc1ccc([S-])c([N+](=O)[O-])c1C(=O)O.Cc1ccc([S-])c([N+](=O)[O-])c1C(=O)O.[Zn+2]. The summed E-state index contributed by atoms with van der Waals surface area (Å²) in [5.74, 6) is -2.66. The first kappa shape index (κ1) is 26.2. The third-order valence-corrected chi connectivity index (χ3v) is 4.15. The van der Waals surface area contributed by atoms with Crippen LogP contribution in [0.15, 0.2) is 34.1 Å². The Labute approximate surface area is 187 Å². The van der Waals surface area contributed by atoms with E-state index in [-0.39, 0.29) is 40.4 Å². The van der Waals surface area contributed by atoms with E-state index in [0.717, 1.165) is 0 Å². The molecule has 0 bridgehead atoms. The van der Waals surface area contributed by atoms with Gasteiger partial charge in [-0.25, -0.2) is 9.59 Å². The topological polar surface area (TPSA) is 161 Å². The van der Waals surface area contributed by atoms with Crippen molar-refractivity contribution < 1.29 is 49.1 Å². The number of rotatable bonds is 4. The third-order valence-electron chi connectivity index (χ3n) is 3.49. The predicted molar refractivity (Wildman–Crippen MR) is 101 cm³/mol. The number of carboxylic acids is 2. The van der Waals surface area contributed by atoms with Crippen LogP contribution in [0.1, 0.15) is 31.8 Å². The van der Waals surface area contributed by atoms with Gasteiger partial charge in [0.2, 0.25) is 0 Å². The summed E-state index contributed by atoms with van der Waals surface area (Å²) in [5, 5.41) is 38.7. The molecule has 0 aliphatic heterocycles. The number of hydrogen-bond acceptors (Lipinski definition) is 8. The van der Waals surface area contributed by atoms with E-state index in [0.29, 0.717) is 11.1 Å². The van der Waals surface area contributed by atoms with Crippen molar-refractivity contribution in [3.05, 3.63) is 66.7 Å². The fourth-order valence-electron chi connectivity index (χ4n) is 2.25. The second-order valence-electron chi connectivity index (χ2n) is 5.33. The number of nitrogens with zero attached hydrogens (tertiary/aromatic N) is 2. The average molecular weight is 490 g/mol. The number of hydrogen-bond donors (Lipinski definition) is 2. The van der Waals surface area contributed by atoms with Crippen molar-refractivity contribution in [2.45, 2.75) is 23.6 Å². The molecule has 2 aromatic rings. The molecule has 148 valence electrons. The van der Waals surface area contributed by atoms with Crippen LogP contribution in [0.25, 0.3) is 0 Å². The molecule has 2 N–H and O–H groups in total. The van der Waals surface area contributed by atoms with Crippen LogP contribution < -0.4 is 0 Å². The second-order valence-corrected chi connectivity index (χ2v) is 6.21. The molecule has 2 aromatic carbocycles. The first-order valence-electron chi connectivity index (χ1n) is 7.26. The minimum Gasteiger partial charge on any atom is -0.773 e. The number of carboxylic acid groups (broad SMARTS) is 2. The van der Waals surface area contributed by atoms with Gasteiger partial charge in [0.05, 0.1) is 9.85 Å². The third kappa shape index (κ3) is 6.11. The van der Waals surface area contributed by atoms with Crippen LogP contribution in [-0.2, 0) is 44.7 Å². The van der Waals surface area contributed by atoms with Crippen molar-refractivity contribution in [1.82, 2.24) is 0 Å². The summed E-state index contributed by atoms with van der Waals surface area (Å²) in [4.78, 5) is 41.0. The Morgan fingerprint density at radius 2 is 1.07 bits per heavy atom. The minimum atomic E-state index is -1.33. The van der Waals surface area contributed by atoms with Gasteiger partial charge < -0.3 is 35.5 Å². The Balaban J connectivity index is 0.000000523. The van der Waals surface area contributed by atoms with E-state index < -0.39 is 33.2 Å². The summed E-state index contributed by atoms with van der Waals surface area (Å²) < 4.78 is 0. The van der Waals surface area contributed by atoms with E-state index in [4.69, 9.17) is 10.2 Å². The van der Waals surface area contributed by atoms with Crippen molar-refractivity contribution >= 4 is 48.6 Å². The maximum atomic E-state index is 10.7. The molecule has 0 atom stereocenters. The number of nitro groups is 2. The van der Waals surface area contributed by atoms with Gasteiger partial charge in [-0.15, -0.1) is 0 Å². The summed E-state index contributed by atoms with van der Waals surface area (Å²) in [7, 11) is 0. The van der Waals surface area contributed by atoms with E-state index in [1.807, 2.05) is 0 Å². The number of benzene rings is 2. The van der Waals surface area contributed by atoms with Gasteiger partial charge in [0.25, 0.3) is 11.4 Å². The number of nitro benzene ring substituents is 2. The molecule has 0 saturated heterocycles. The maximum absolute atomic E-state index is 10.7. The molecule has 0 fully saturated rings. The summed E-state index contributed by atoms with van der Waals surface area (Å²) in [5.41, 5.74) is -1.01. The zero-order chi connectivity index (χ0) is 21.8. The molecule has 10 nitrogen and oxygen atoms in total. The Morgan fingerprint density at radius 3 is 1.24 bits per heavy atom. The van der Waals surface area contributed by atoms with E-state index in [1.165, 1.54) is 38.1 Å². The number of aryl methyl sites for hydroxylation is 2. The van der Waals surface area contributed by atoms with E-state index >= 15 is 0 Å². The Hall–Kier alpha value is -2.76. The first-order valence-corrected chi connectivity index (χ1v) is 8.08. The van der Waals surface area contributed by atoms with Crippen LogP contribution in [0.2, 0.25) is 0 Å². The zero-order valence-electron chi connectivity index (χ0n) is 15.1. The van der Waals surface area contributed by atoms with Gasteiger partial charge in [-0.3, -0.25) is 20.2 Å². The van der Waals surface area contributed by atoms with Gasteiger partial charge in [-0.05, 0) is 25.0 Å². The van der Waals surface area contributed by atoms with Crippen LogP contribution in [0.5, 0.6) is 0 Å².